The zero-order chi connectivity index (χ0) is 52.3. The standard InChI is InChI=1S/C56H73N3O13/c1-32(60)67-31-43-45(69-33(2)61)46(70-34(3)62)47(71-35(4)63)49(72-43)59-29-37(57-58-59)30-68-50(66)53(8)24-23-52(7)25-26-55(10)39(40(52)28-53)27-42(65)48-54(9)21-19-38(41(64)18-17-36-15-13-12-14-16-36)51(5,6)44(54)20-22-56(48,55)11/h12-18,27,29,38,40,43-49H,19-26,28,30-31H2,1-11H3/b18-17+/t38-,40-,43+,44?,45-,46-,47+,48-,49?,52-,53+,54+,55-,56-/m1/s1. The summed E-state index contributed by atoms with van der Waals surface area (Å²) in [5.41, 5.74) is 0.201. The van der Waals surface area contributed by atoms with Gasteiger partial charge >= 0.3 is 29.8 Å². The second-order valence-electron chi connectivity index (χ2n) is 23.7. The van der Waals surface area contributed by atoms with E-state index >= 15 is 4.79 Å². The van der Waals surface area contributed by atoms with E-state index in [1.807, 2.05) is 49.4 Å². The summed E-state index contributed by atoms with van der Waals surface area (Å²) in [5.74, 6) is -3.16. The number of carbonyl (C=O) groups is 7. The molecular weight excluding hydrogens is 923 g/mol. The molecule has 16 nitrogen and oxygen atoms in total. The molecule has 72 heavy (non-hydrogen) atoms. The molecule has 0 spiro atoms. The molecule has 8 rings (SSSR count). The van der Waals surface area contributed by atoms with Gasteiger partial charge in [-0.1, -0.05) is 88.7 Å². The molecule has 6 aliphatic rings. The molecule has 2 unspecified atom stereocenters. The summed E-state index contributed by atoms with van der Waals surface area (Å²) in [5, 5.41) is 8.45. The Labute approximate surface area is 422 Å². The van der Waals surface area contributed by atoms with E-state index in [0.29, 0.717) is 12.8 Å². The van der Waals surface area contributed by atoms with Gasteiger partial charge in [-0.05, 0) is 121 Å². The van der Waals surface area contributed by atoms with Gasteiger partial charge in [0.25, 0.3) is 0 Å². The summed E-state index contributed by atoms with van der Waals surface area (Å²) < 4.78 is 35.4. The molecule has 0 N–H and O–H groups in total. The number of hydrogen-bond donors (Lipinski definition) is 0. The molecule has 390 valence electrons. The topological polar surface area (TPSA) is 206 Å². The number of hydrogen-bond acceptors (Lipinski definition) is 15. The highest BCUT2D eigenvalue weighted by Crippen LogP contribution is 2.75. The monoisotopic (exact) mass is 996 g/mol. The fourth-order valence-electron chi connectivity index (χ4n) is 15.0. The van der Waals surface area contributed by atoms with Gasteiger partial charge in [0.1, 0.15) is 25.0 Å². The maximum absolute atomic E-state index is 15.1. The van der Waals surface area contributed by atoms with E-state index in [2.05, 4.69) is 51.9 Å². The average Bonchev–Trinajstić information content (AvgIpc) is 3.78. The number of fused-ring (bicyclic) bond motifs is 7. The number of aromatic nitrogens is 3. The molecule has 0 radical (unpaired) electrons. The van der Waals surface area contributed by atoms with Crippen LogP contribution in [-0.4, -0.2) is 87.4 Å². The second-order valence-corrected chi connectivity index (χ2v) is 23.7. The van der Waals surface area contributed by atoms with Gasteiger partial charge in [0.15, 0.2) is 36.1 Å². The Kier molecular flexibility index (Phi) is 14.2. The van der Waals surface area contributed by atoms with Gasteiger partial charge in [-0.25, -0.2) is 4.68 Å². The highest BCUT2D eigenvalue weighted by atomic mass is 16.7. The second kappa shape index (κ2) is 19.4. The summed E-state index contributed by atoms with van der Waals surface area (Å²) >= 11 is 0. The van der Waals surface area contributed by atoms with Gasteiger partial charge in [0, 0.05) is 39.5 Å². The van der Waals surface area contributed by atoms with Crippen molar-refractivity contribution in [3.8, 4) is 0 Å². The van der Waals surface area contributed by atoms with Gasteiger partial charge < -0.3 is 28.4 Å². The van der Waals surface area contributed by atoms with Gasteiger partial charge in [0.2, 0.25) is 0 Å². The van der Waals surface area contributed by atoms with Gasteiger partial charge in [-0.2, -0.15) is 0 Å². The van der Waals surface area contributed by atoms with E-state index < -0.39 is 72.5 Å². The first-order valence-corrected chi connectivity index (χ1v) is 25.7. The van der Waals surface area contributed by atoms with E-state index in [1.54, 1.807) is 6.08 Å². The summed E-state index contributed by atoms with van der Waals surface area (Å²) in [7, 11) is 0. The summed E-state index contributed by atoms with van der Waals surface area (Å²) in [6.45, 7) is 19.8. The van der Waals surface area contributed by atoms with E-state index in [-0.39, 0.29) is 74.6 Å². The van der Waals surface area contributed by atoms with Crippen molar-refractivity contribution in [1.29, 1.82) is 0 Å². The van der Waals surface area contributed by atoms with Crippen molar-refractivity contribution in [3.05, 3.63) is 65.5 Å². The minimum absolute atomic E-state index is 0.0283. The maximum atomic E-state index is 15.1. The van der Waals surface area contributed by atoms with E-state index in [0.717, 1.165) is 71.3 Å². The Morgan fingerprint density at radius 2 is 1.42 bits per heavy atom. The molecular formula is C56H73N3O13. The summed E-state index contributed by atoms with van der Waals surface area (Å²) in [6.07, 6.45) is 7.65. The maximum Gasteiger partial charge on any atom is 0.312 e. The predicted octanol–water partition coefficient (Wildman–Crippen LogP) is 8.46. The molecule has 5 fully saturated rings. The number of rotatable bonds is 12. The number of ketones is 2. The van der Waals surface area contributed by atoms with Crippen LogP contribution in [0.15, 0.2) is 54.3 Å². The summed E-state index contributed by atoms with van der Waals surface area (Å²) in [6, 6.07) is 9.91. The third-order valence-corrected chi connectivity index (χ3v) is 18.8. The van der Waals surface area contributed by atoms with Gasteiger partial charge in [-0.3, -0.25) is 33.6 Å². The molecule has 4 saturated carbocycles. The third kappa shape index (κ3) is 9.38. The molecule has 1 aromatic carbocycles. The lowest BCUT2D eigenvalue weighted by Crippen LogP contribution is -2.66. The lowest BCUT2D eigenvalue weighted by atomic mass is 9.33. The van der Waals surface area contributed by atoms with Crippen molar-refractivity contribution >= 4 is 47.5 Å². The molecule has 1 aromatic heterocycles. The summed E-state index contributed by atoms with van der Waals surface area (Å²) in [4.78, 5) is 92.4. The van der Waals surface area contributed by atoms with Crippen molar-refractivity contribution in [1.82, 2.24) is 15.0 Å². The number of allylic oxidation sites excluding steroid dienone is 3. The zero-order valence-corrected chi connectivity index (χ0v) is 43.8. The van der Waals surface area contributed by atoms with E-state index in [1.165, 1.54) is 23.4 Å². The molecule has 1 aliphatic heterocycles. The van der Waals surface area contributed by atoms with Crippen LogP contribution < -0.4 is 0 Å². The quantitative estimate of drug-likeness (QED) is 0.111. The minimum atomic E-state index is -1.41. The largest absolute Gasteiger partial charge is 0.463 e. The first kappa shape index (κ1) is 52.8. The number of esters is 5. The number of benzene rings is 1. The zero-order valence-electron chi connectivity index (χ0n) is 43.8. The molecule has 2 aromatic rings. The highest BCUT2D eigenvalue weighted by Gasteiger charge is 2.70. The Bertz CT molecular complexity index is 2550. The number of carbonyl (C=O) groups excluding carboxylic acids is 7. The molecule has 16 heteroatoms. The van der Waals surface area contributed by atoms with Crippen LogP contribution >= 0.6 is 0 Å². The first-order chi connectivity index (χ1) is 33.8. The van der Waals surface area contributed by atoms with Crippen LogP contribution in [0.3, 0.4) is 0 Å². The van der Waals surface area contributed by atoms with Crippen molar-refractivity contribution in [2.24, 2.45) is 56.2 Å². The Hall–Kier alpha value is -5.51. The van der Waals surface area contributed by atoms with Crippen LogP contribution in [0.4, 0.5) is 0 Å². The van der Waals surface area contributed by atoms with Crippen LogP contribution in [-0.2, 0) is 68.6 Å². The van der Waals surface area contributed by atoms with Crippen molar-refractivity contribution in [2.75, 3.05) is 6.61 Å². The van der Waals surface area contributed by atoms with E-state index in [4.69, 9.17) is 28.4 Å². The molecule has 5 aliphatic carbocycles. The Morgan fingerprint density at radius 1 is 0.764 bits per heavy atom. The van der Waals surface area contributed by atoms with E-state index in [9.17, 15) is 28.8 Å². The molecule has 14 atom stereocenters. The lowest BCUT2D eigenvalue weighted by molar-refractivity contribution is -0.270. The minimum Gasteiger partial charge on any atom is -0.463 e. The third-order valence-electron chi connectivity index (χ3n) is 18.8. The number of nitrogens with zero attached hydrogens (tertiary/aromatic N) is 3. The number of ether oxygens (including phenoxy) is 6. The van der Waals surface area contributed by atoms with Crippen molar-refractivity contribution < 1.29 is 62.0 Å². The molecule has 2 heterocycles. The SMILES string of the molecule is CC(=O)OC[C@@H]1OC(n2cc(COC(=O)[C@@]3(C)CC[C@]4(C)CC[C@]5(C)C(=CC(=O)[C@@H]6[C@@]7(C)CC[C@H](C(=O)/C=C/c8ccccc8)C(C)(C)C7CC[C@]65C)[C@H]4C3)nn2)[C@@H](OC(C)=O)[C@H](OC(C)=O)[C@@H]1OC(C)=O. The fraction of sp³-hybridized carbons (Fsp3) is 0.661. The van der Waals surface area contributed by atoms with Crippen LogP contribution in [0.2, 0.25) is 0 Å². The van der Waals surface area contributed by atoms with Crippen molar-refractivity contribution in [2.45, 2.75) is 171 Å². The van der Waals surface area contributed by atoms with Gasteiger partial charge in [0.05, 0.1) is 11.6 Å². The Morgan fingerprint density at radius 3 is 2.08 bits per heavy atom. The smallest absolute Gasteiger partial charge is 0.312 e. The molecule has 0 amide bonds. The average molecular weight is 996 g/mol. The van der Waals surface area contributed by atoms with Crippen molar-refractivity contribution in [3.63, 3.8) is 0 Å². The lowest BCUT2D eigenvalue weighted by Gasteiger charge is -2.70. The molecule has 0 bridgehead atoms. The van der Waals surface area contributed by atoms with Crippen LogP contribution in [0.5, 0.6) is 0 Å². The first-order valence-electron chi connectivity index (χ1n) is 25.7. The van der Waals surface area contributed by atoms with Crippen LogP contribution in [0.25, 0.3) is 6.08 Å². The predicted molar refractivity (Wildman–Crippen MR) is 260 cm³/mol. The fourth-order valence-corrected chi connectivity index (χ4v) is 15.0. The Balaban J connectivity index is 1.000. The van der Waals surface area contributed by atoms with Crippen LogP contribution in [0, 0.1) is 56.2 Å². The van der Waals surface area contributed by atoms with Crippen LogP contribution in [0.1, 0.15) is 151 Å². The highest BCUT2D eigenvalue weighted by molar-refractivity contribution is 5.97. The molecule has 1 saturated heterocycles. The normalized spacial score (nSPS) is 37.8. The van der Waals surface area contributed by atoms with Gasteiger partial charge in [-0.15, -0.1) is 5.10 Å².